The van der Waals surface area contributed by atoms with Gasteiger partial charge in [0.05, 0.1) is 16.6 Å². The molecule has 24 heavy (non-hydrogen) atoms. The SMILES string of the molecule is CCCCn1cc(B2OC(C)(C)C(C)(C)O2)c2ccncc2c1=O. The van der Waals surface area contributed by atoms with Crippen LogP contribution in [0, 0.1) is 0 Å². The number of rotatable bonds is 4. The molecule has 1 aliphatic rings. The van der Waals surface area contributed by atoms with E-state index in [-0.39, 0.29) is 5.56 Å². The lowest BCUT2D eigenvalue weighted by Crippen LogP contribution is -2.41. The van der Waals surface area contributed by atoms with Crippen LogP contribution in [0.25, 0.3) is 10.8 Å². The zero-order chi connectivity index (χ0) is 17.5. The average Bonchev–Trinajstić information content (AvgIpc) is 2.75. The molecule has 1 saturated heterocycles. The molecule has 0 atom stereocenters. The van der Waals surface area contributed by atoms with Gasteiger partial charge in [-0.25, -0.2) is 0 Å². The van der Waals surface area contributed by atoms with Gasteiger partial charge in [0.25, 0.3) is 5.56 Å². The van der Waals surface area contributed by atoms with Crippen molar-refractivity contribution in [3.63, 3.8) is 0 Å². The highest BCUT2D eigenvalue weighted by molar-refractivity contribution is 6.65. The van der Waals surface area contributed by atoms with Gasteiger partial charge in [0.2, 0.25) is 0 Å². The standard InChI is InChI=1S/C18H25BN2O3/c1-6-7-10-21-12-15(13-8-9-20-11-14(13)16(21)22)19-23-17(2,3)18(4,5)24-19/h8-9,11-12H,6-7,10H2,1-5H3. The van der Waals surface area contributed by atoms with Crippen LogP contribution in [0.3, 0.4) is 0 Å². The molecule has 0 bridgehead atoms. The Balaban J connectivity index is 2.14. The summed E-state index contributed by atoms with van der Waals surface area (Å²) in [6, 6.07) is 1.86. The molecule has 0 saturated carbocycles. The van der Waals surface area contributed by atoms with Gasteiger partial charge in [0.15, 0.2) is 0 Å². The zero-order valence-electron chi connectivity index (χ0n) is 15.1. The molecule has 0 amide bonds. The highest BCUT2D eigenvalue weighted by Gasteiger charge is 2.52. The van der Waals surface area contributed by atoms with Crippen LogP contribution in [0.2, 0.25) is 0 Å². The maximum Gasteiger partial charge on any atom is 0.496 e. The Kier molecular flexibility index (Phi) is 4.30. The monoisotopic (exact) mass is 328 g/mol. The first-order valence-electron chi connectivity index (χ1n) is 8.59. The molecular weight excluding hydrogens is 303 g/mol. The van der Waals surface area contributed by atoms with E-state index >= 15 is 0 Å². The molecule has 3 heterocycles. The number of hydrogen-bond donors (Lipinski definition) is 0. The van der Waals surface area contributed by atoms with Crippen molar-refractivity contribution >= 4 is 23.4 Å². The number of aryl methyl sites for hydroxylation is 1. The summed E-state index contributed by atoms with van der Waals surface area (Å²) in [5, 5.41) is 1.46. The number of nitrogens with zero attached hydrogens (tertiary/aromatic N) is 2. The molecule has 3 rings (SSSR count). The van der Waals surface area contributed by atoms with Crippen molar-refractivity contribution in [2.45, 2.75) is 65.2 Å². The average molecular weight is 328 g/mol. The molecule has 2 aromatic rings. The van der Waals surface area contributed by atoms with Gasteiger partial charge in [-0.05, 0) is 45.6 Å². The zero-order valence-corrected chi connectivity index (χ0v) is 15.1. The van der Waals surface area contributed by atoms with Crippen molar-refractivity contribution in [2.75, 3.05) is 0 Å². The fourth-order valence-corrected chi connectivity index (χ4v) is 2.92. The molecule has 6 heteroatoms. The van der Waals surface area contributed by atoms with Gasteiger partial charge in [0.1, 0.15) is 0 Å². The van der Waals surface area contributed by atoms with Crippen molar-refractivity contribution in [3.8, 4) is 0 Å². The number of pyridine rings is 2. The summed E-state index contributed by atoms with van der Waals surface area (Å²) in [4.78, 5) is 16.8. The molecule has 1 fully saturated rings. The summed E-state index contributed by atoms with van der Waals surface area (Å²) in [5.74, 6) is 0. The Bertz CT molecular complexity index is 798. The van der Waals surface area contributed by atoms with Crippen molar-refractivity contribution in [3.05, 3.63) is 35.0 Å². The molecular formula is C18H25BN2O3. The van der Waals surface area contributed by atoms with Gasteiger partial charge in [-0.3, -0.25) is 9.78 Å². The lowest BCUT2D eigenvalue weighted by molar-refractivity contribution is 0.00578. The second kappa shape index (κ2) is 6.01. The fourth-order valence-electron chi connectivity index (χ4n) is 2.92. The Morgan fingerprint density at radius 3 is 2.46 bits per heavy atom. The maximum absolute atomic E-state index is 12.7. The van der Waals surface area contributed by atoms with Gasteiger partial charge in [-0.15, -0.1) is 0 Å². The molecule has 0 unspecified atom stereocenters. The molecule has 1 aliphatic heterocycles. The van der Waals surface area contributed by atoms with Gasteiger partial charge in [0, 0.05) is 30.6 Å². The van der Waals surface area contributed by atoms with Crippen LogP contribution in [-0.4, -0.2) is 27.9 Å². The van der Waals surface area contributed by atoms with Crippen LogP contribution in [0.15, 0.2) is 29.5 Å². The van der Waals surface area contributed by atoms with Crippen LogP contribution in [0.5, 0.6) is 0 Å². The van der Waals surface area contributed by atoms with Gasteiger partial charge < -0.3 is 13.9 Å². The van der Waals surface area contributed by atoms with E-state index in [9.17, 15) is 4.79 Å². The van der Waals surface area contributed by atoms with Crippen molar-refractivity contribution < 1.29 is 9.31 Å². The van der Waals surface area contributed by atoms with Crippen LogP contribution >= 0.6 is 0 Å². The highest BCUT2D eigenvalue weighted by Crippen LogP contribution is 2.36. The van der Waals surface area contributed by atoms with E-state index < -0.39 is 18.3 Å². The highest BCUT2D eigenvalue weighted by atomic mass is 16.7. The minimum atomic E-state index is -0.492. The van der Waals surface area contributed by atoms with E-state index in [1.165, 1.54) is 0 Å². The van der Waals surface area contributed by atoms with Crippen molar-refractivity contribution in [1.82, 2.24) is 9.55 Å². The van der Waals surface area contributed by atoms with E-state index in [1.54, 1.807) is 17.0 Å². The normalized spacial score (nSPS) is 19.1. The molecule has 0 radical (unpaired) electrons. The largest absolute Gasteiger partial charge is 0.496 e. The smallest absolute Gasteiger partial charge is 0.399 e. The predicted molar refractivity (Wildman–Crippen MR) is 96.6 cm³/mol. The Morgan fingerprint density at radius 2 is 1.83 bits per heavy atom. The number of aromatic nitrogens is 2. The predicted octanol–water partition coefficient (Wildman–Crippen LogP) is 2.50. The molecule has 5 nitrogen and oxygen atoms in total. The topological polar surface area (TPSA) is 53.4 Å². The summed E-state index contributed by atoms with van der Waals surface area (Å²) in [7, 11) is -0.492. The second-order valence-electron chi connectivity index (χ2n) is 7.45. The minimum Gasteiger partial charge on any atom is -0.399 e. The van der Waals surface area contributed by atoms with E-state index in [0.717, 1.165) is 23.7 Å². The van der Waals surface area contributed by atoms with Crippen molar-refractivity contribution in [2.24, 2.45) is 0 Å². The van der Waals surface area contributed by atoms with Gasteiger partial charge >= 0.3 is 7.12 Å². The van der Waals surface area contributed by atoms with E-state index in [1.807, 2.05) is 40.0 Å². The third-order valence-electron chi connectivity index (χ3n) is 5.18. The third-order valence-corrected chi connectivity index (χ3v) is 5.18. The Labute approximate surface area is 143 Å². The number of hydrogen-bond acceptors (Lipinski definition) is 4. The summed E-state index contributed by atoms with van der Waals surface area (Å²) >= 11 is 0. The number of unbranched alkanes of at least 4 members (excludes halogenated alkanes) is 1. The summed E-state index contributed by atoms with van der Waals surface area (Å²) in [6.07, 6.45) is 7.21. The van der Waals surface area contributed by atoms with Crippen LogP contribution in [-0.2, 0) is 15.9 Å². The maximum atomic E-state index is 12.7. The van der Waals surface area contributed by atoms with E-state index in [4.69, 9.17) is 9.31 Å². The third kappa shape index (κ3) is 2.78. The van der Waals surface area contributed by atoms with E-state index in [0.29, 0.717) is 11.9 Å². The molecule has 2 aromatic heterocycles. The molecule has 0 N–H and O–H groups in total. The molecule has 0 aliphatic carbocycles. The fraction of sp³-hybridized carbons (Fsp3) is 0.556. The van der Waals surface area contributed by atoms with Crippen molar-refractivity contribution in [1.29, 1.82) is 0 Å². The lowest BCUT2D eigenvalue weighted by atomic mass is 9.77. The van der Waals surface area contributed by atoms with Crippen LogP contribution in [0.1, 0.15) is 47.5 Å². The van der Waals surface area contributed by atoms with E-state index in [2.05, 4.69) is 11.9 Å². The summed E-state index contributed by atoms with van der Waals surface area (Å²) in [6.45, 7) is 10.9. The Hall–Kier alpha value is -1.66. The summed E-state index contributed by atoms with van der Waals surface area (Å²) < 4.78 is 14.2. The van der Waals surface area contributed by atoms with Crippen LogP contribution < -0.4 is 11.0 Å². The quantitative estimate of drug-likeness (QED) is 0.809. The number of fused-ring (bicyclic) bond motifs is 1. The lowest BCUT2D eigenvalue weighted by Gasteiger charge is -2.32. The van der Waals surface area contributed by atoms with Gasteiger partial charge in [-0.1, -0.05) is 13.3 Å². The minimum absolute atomic E-state index is 0.00758. The first kappa shape index (κ1) is 17.2. The molecule has 0 spiro atoms. The second-order valence-corrected chi connectivity index (χ2v) is 7.45. The van der Waals surface area contributed by atoms with Gasteiger partial charge in [-0.2, -0.15) is 0 Å². The molecule has 0 aromatic carbocycles. The summed E-state index contributed by atoms with van der Waals surface area (Å²) in [5.41, 5.74) is 0.0524. The Morgan fingerprint density at radius 1 is 1.17 bits per heavy atom. The molecule has 128 valence electrons. The first-order chi connectivity index (χ1) is 11.3. The van der Waals surface area contributed by atoms with Crippen LogP contribution in [0.4, 0.5) is 0 Å². The first-order valence-corrected chi connectivity index (χ1v) is 8.59.